The molecule has 5 atom stereocenters. The van der Waals surface area contributed by atoms with Crippen molar-refractivity contribution in [2.24, 2.45) is 23.2 Å². The molecule has 0 unspecified atom stereocenters. The molecule has 0 aromatic carbocycles. The Balaban J connectivity index is 1.67. The van der Waals surface area contributed by atoms with Crippen LogP contribution in [0.25, 0.3) is 0 Å². The van der Waals surface area contributed by atoms with Crippen molar-refractivity contribution in [3.8, 4) is 0 Å². The maximum absolute atomic E-state index is 12.3. The molecule has 2 N–H and O–H groups in total. The number of aliphatic hydroxyl groups is 1. The second kappa shape index (κ2) is 6.32. The molecule has 1 aliphatic heterocycles. The van der Waals surface area contributed by atoms with Crippen LogP contribution in [0.15, 0.2) is 12.2 Å². The van der Waals surface area contributed by atoms with E-state index in [1.54, 1.807) is 0 Å². The van der Waals surface area contributed by atoms with Gasteiger partial charge < -0.3 is 15.2 Å². The average molecular weight is 307 g/mol. The van der Waals surface area contributed by atoms with E-state index in [2.05, 4.69) is 18.8 Å². The highest BCUT2D eigenvalue weighted by Crippen LogP contribution is 2.56. The van der Waals surface area contributed by atoms with Crippen molar-refractivity contribution >= 4 is 5.97 Å². The van der Waals surface area contributed by atoms with E-state index in [0.29, 0.717) is 18.4 Å². The van der Waals surface area contributed by atoms with Gasteiger partial charge in [-0.3, -0.25) is 4.79 Å². The normalized spacial score (nSPS) is 41.0. The van der Waals surface area contributed by atoms with E-state index in [0.717, 1.165) is 32.2 Å². The molecular formula is C18H29NO3. The van der Waals surface area contributed by atoms with Crippen LogP contribution in [-0.2, 0) is 9.53 Å². The van der Waals surface area contributed by atoms with Gasteiger partial charge in [0, 0.05) is 19.1 Å². The first kappa shape index (κ1) is 16.0. The molecule has 0 amide bonds. The minimum atomic E-state index is -0.0284. The number of carbonyl (C=O) groups is 1. The van der Waals surface area contributed by atoms with E-state index in [9.17, 15) is 4.79 Å². The Labute approximate surface area is 133 Å². The van der Waals surface area contributed by atoms with Crippen LogP contribution in [0.2, 0.25) is 0 Å². The zero-order valence-electron chi connectivity index (χ0n) is 13.6. The van der Waals surface area contributed by atoms with Gasteiger partial charge in [0.15, 0.2) is 0 Å². The van der Waals surface area contributed by atoms with Gasteiger partial charge in [0.2, 0.25) is 0 Å². The van der Waals surface area contributed by atoms with E-state index < -0.39 is 0 Å². The van der Waals surface area contributed by atoms with Crippen LogP contribution in [0.5, 0.6) is 0 Å². The van der Waals surface area contributed by atoms with Crippen molar-refractivity contribution in [2.75, 3.05) is 19.7 Å². The van der Waals surface area contributed by atoms with Gasteiger partial charge in [-0.2, -0.15) is 0 Å². The standard InChI is InChI=1S/C18H29NO3/c1-12-5-3-6-18(2)10-16-13(9-15(12)18)14(17(21)22-16)11-19-7-4-8-20/h13-16,19-20H,1,3-11H2,2H3/t13-,14-,15+,16+,18-/m0/s1. The van der Waals surface area contributed by atoms with Gasteiger partial charge >= 0.3 is 5.97 Å². The first-order chi connectivity index (χ1) is 10.5. The fourth-order valence-electron chi connectivity index (χ4n) is 4.95. The lowest BCUT2D eigenvalue weighted by molar-refractivity contribution is -0.146. The molecule has 2 aliphatic carbocycles. The maximum Gasteiger partial charge on any atom is 0.310 e. The van der Waals surface area contributed by atoms with Crippen LogP contribution in [0, 0.1) is 23.2 Å². The van der Waals surface area contributed by atoms with Crippen molar-refractivity contribution in [3.63, 3.8) is 0 Å². The largest absolute Gasteiger partial charge is 0.462 e. The lowest BCUT2D eigenvalue weighted by Gasteiger charge is -2.50. The minimum Gasteiger partial charge on any atom is -0.462 e. The number of hydrogen-bond donors (Lipinski definition) is 2. The summed E-state index contributed by atoms with van der Waals surface area (Å²) in [4.78, 5) is 12.3. The maximum atomic E-state index is 12.3. The molecule has 4 nitrogen and oxygen atoms in total. The van der Waals surface area contributed by atoms with E-state index in [1.165, 1.54) is 18.4 Å². The molecule has 3 aliphatic rings. The quantitative estimate of drug-likeness (QED) is 0.465. The highest BCUT2D eigenvalue weighted by atomic mass is 16.6. The Kier molecular flexibility index (Phi) is 4.60. The number of ether oxygens (including phenoxy) is 1. The van der Waals surface area contributed by atoms with Gasteiger partial charge in [0.25, 0.3) is 0 Å². The van der Waals surface area contributed by atoms with Crippen molar-refractivity contribution < 1.29 is 14.6 Å². The van der Waals surface area contributed by atoms with E-state index >= 15 is 0 Å². The van der Waals surface area contributed by atoms with Crippen LogP contribution in [0.1, 0.15) is 45.4 Å². The summed E-state index contributed by atoms with van der Waals surface area (Å²) in [5.41, 5.74) is 1.66. The molecule has 4 heteroatoms. The lowest BCUT2D eigenvalue weighted by atomic mass is 9.55. The summed E-state index contributed by atoms with van der Waals surface area (Å²) < 4.78 is 5.73. The summed E-state index contributed by atoms with van der Waals surface area (Å²) in [5.74, 6) is 0.835. The van der Waals surface area contributed by atoms with Gasteiger partial charge in [-0.25, -0.2) is 0 Å². The summed E-state index contributed by atoms with van der Waals surface area (Å²) in [7, 11) is 0. The molecule has 2 saturated carbocycles. The van der Waals surface area contributed by atoms with E-state index in [-0.39, 0.29) is 30.0 Å². The van der Waals surface area contributed by atoms with Gasteiger partial charge in [-0.15, -0.1) is 0 Å². The molecule has 3 rings (SSSR count). The van der Waals surface area contributed by atoms with E-state index in [1.807, 2.05) is 0 Å². The van der Waals surface area contributed by atoms with Gasteiger partial charge in [-0.1, -0.05) is 19.1 Å². The third-order valence-electron chi connectivity index (χ3n) is 6.20. The highest BCUT2D eigenvalue weighted by Gasteiger charge is 2.54. The molecule has 22 heavy (non-hydrogen) atoms. The predicted octanol–water partition coefficient (Wildman–Crippen LogP) is 2.27. The predicted molar refractivity (Wildman–Crippen MR) is 85.3 cm³/mol. The molecule has 0 bridgehead atoms. The van der Waals surface area contributed by atoms with Crippen molar-refractivity contribution in [3.05, 3.63) is 12.2 Å². The second-order valence-corrected chi connectivity index (χ2v) is 7.69. The fraction of sp³-hybridized carbons (Fsp3) is 0.833. The molecule has 1 saturated heterocycles. The molecule has 0 aromatic rings. The summed E-state index contributed by atoms with van der Waals surface area (Å²) in [6.07, 6.45) is 6.49. The zero-order chi connectivity index (χ0) is 15.7. The first-order valence-electron chi connectivity index (χ1n) is 8.75. The summed E-state index contributed by atoms with van der Waals surface area (Å²) in [6.45, 7) is 8.30. The molecule has 124 valence electrons. The SMILES string of the molecule is C=C1CCC[C@@]2(C)C[C@H]3OC(=O)[C@@H](CNCCCO)[C@@H]3C[C@H]12. The average Bonchev–Trinajstić information content (AvgIpc) is 2.76. The first-order valence-corrected chi connectivity index (χ1v) is 8.75. The van der Waals surface area contributed by atoms with Crippen molar-refractivity contribution in [1.82, 2.24) is 5.32 Å². The molecular weight excluding hydrogens is 278 g/mol. The Morgan fingerprint density at radius 1 is 1.50 bits per heavy atom. The zero-order valence-corrected chi connectivity index (χ0v) is 13.6. The lowest BCUT2D eigenvalue weighted by Crippen LogP contribution is -2.45. The summed E-state index contributed by atoms with van der Waals surface area (Å²) in [5, 5.41) is 12.1. The Morgan fingerprint density at radius 3 is 3.09 bits per heavy atom. The molecule has 0 spiro atoms. The minimum absolute atomic E-state index is 0.0250. The smallest absolute Gasteiger partial charge is 0.310 e. The number of hydrogen-bond acceptors (Lipinski definition) is 4. The summed E-state index contributed by atoms with van der Waals surface area (Å²) in [6, 6.07) is 0. The Morgan fingerprint density at radius 2 is 2.32 bits per heavy atom. The van der Waals surface area contributed by atoms with Gasteiger partial charge in [-0.05, 0) is 56.4 Å². The number of esters is 1. The monoisotopic (exact) mass is 307 g/mol. The third-order valence-corrected chi connectivity index (χ3v) is 6.20. The Bertz CT molecular complexity index is 450. The molecule has 3 fully saturated rings. The second-order valence-electron chi connectivity index (χ2n) is 7.69. The number of rotatable bonds is 5. The summed E-state index contributed by atoms with van der Waals surface area (Å²) >= 11 is 0. The Hall–Kier alpha value is -0.870. The van der Waals surface area contributed by atoms with Crippen molar-refractivity contribution in [1.29, 1.82) is 0 Å². The highest BCUT2D eigenvalue weighted by molar-refractivity contribution is 5.75. The number of allylic oxidation sites excluding steroid dienone is 1. The van der Waals surface area contributed by atoms with Crippen molar-refractivity contribution in [2.45, 2.75) is 51.6 Å². The fourth-order valence-corrected chi connectivity index (χ4v) is 4.95. The van der Waals surface area contributed by atoms with Crippen LogP contribution in [0.4, 0.5) is 0 Å². The number of aliphatic hydroxyl groups excluding tert-OH is 1. The van der Waals surface area contributed by atoms with Crippen LogP contribution >= 0.6 is 0 Å². The van der Waals surface area contributed by atoms with Crippen LogP contribution in [0.3, 0.4) is 0 Å². The number of carbonyl (C=O) groups excluding carboxylic acids is 1. The van der Waals surface area contributed by atoms with Crippen LogP contribution < -0.4 is 5.32 Å². The molecule has 0 radical (unpaired) electrons. The van der Waals surface area contributed by atoms with Crippen LogP contribution in [-0.4, -0.2) is 36.9 Å². The third kappa shape index (κ3) is 2.83. The number of fused-ring (bicyclic) bond motifs is 2. The number of nitrogens with one attached hydrogen (secondary N) is 1. The molecule has 1 heterocycles. The topological polar surface area (TPSA) is 58.6 Å². The molecule has 0 aromatic heterocycles. The van der Waals surface area contributed by atoms with Gasteiger partial charge in [0.1, 0.15) is 6.10 Å². The van der Waals surface area contributed by atoms with E-state index in [4.69, 9.17) is 9.84 Å². The van der Waals surface area contributed by atoms with Gasteiger partial charge in [0.05, 0.1) is 5.92 Å².